The molecule has 25 heavy (non-hydrogen) atoms. The molecule has 0 atom stereocenters. The molecule has 2 heterocycles. The van der Waals surface area contributed by atoms with E-state index in [1.165, 1.54) is 6.26 Å². The highest BCUT2D eigenvalue weighted by molar-refractivity contribution is 7.90. The third-order valence-corrected chi connectivity index (χ3v) is 4.91. The predicted octanol–water partition coefficient (Wildman–Crippen LogP) is 2.37. The lowest BCUT2D eigenvalue weighted by Gasteiger charge is -2.04. The van der Waals surface area contributed by atoms with Crippen LogP contribution in [-0.4, -0.2) is 41.4 Å². The number of nitrogens with one attached hydrogen (secondary N) is 2. The second kappa shape index (κ2) is 5.49. The van der Waals surface area contributed by atoms with E-state index in [4.69, 9.17) is 4.74 Å². The van der Waals surface area contributed by atoms with Crippen molar-refractivity contribution in [3.05, 3.63) is 42.5 Å². The van der Waals surface area contributed by atoms with Crippen molar-refractivity contribution in [2.75, 3.05) is 18.7 Å². The molecule has 0 bridgehead atoms. The molecule has 2 aromatic carbocycles. The van der Waals surface area contributed by atoms with Gasteiger partial charge in [-0.25, -0.2) is 17.9 Å². The minimum Gasteiger partial charge on any atom is -0.497 e. The maximum atomic E-state index is 11.7. The fourth-order valence-electron chi connectivity index (χ4n) is 2.59. The molecule has 0 aliphatic rings. The summed E-state index contributed by atoms with van der Waals surface area (Å²) in [5.74, 6) is 1.69. The van der Waals surface area contributed by atoms with Crippen LogP contribution in [0.15, 0.2) is 47.4 Å². The van der Waals surface area contributed by atoms with Gasteiger partial charge in [0.1, 0.15) is 5.75 Å². The quantitative estimate of drug-likeness (QED) is 0.581. The van der Waals surface area contributed by atoms with Gasteiger partial charge in [-0.2, -0.15) is 4.98 Å². The Bertz CT molecular complexity index is 1190. The zero-order valence-corrected chi connectivity index (χ0v) is 14.3. The lowest BCUT2D eigenvalue weighted by molar-refractivity contribution is 0.415. The summed E-state index contributed by atoms with van der Waals surface area (Å²) >= 11 is 0. The van der Waals surface area contributed by atoms with E-state index in [9.17, 15) is 8.42 Å². The monoisotopic (exact) mass is 357 g/mol. The van der Waals surface area contributed by atoms with Gasteiger partial charge in [-0.05, 0) is 30.3 Å². The molecule has 2 N–H and O–H groups in total. The number of ether oxygens (including phenoxy) is 1. The number of sulfone groups is 1. The Kier molecular flexibility index (Phi) is 3.39. The molecule has 0 aliphatic carbocycles. The first-order valence-electron chi connectivity index (χ1n) is 7.43. The first-order valence-corrected chi connectivity index (χ1v) is 9.32. The van der Waals surface area contributed by atoms with Crippen LogP contribution in [0.2, 0.25) is 0 Å². The summed E-state index contributed by atoms with van der Waals surface area (Å²) in [4.78, 5) is 9.08. The molecule has 8 nitrogen and oxygen atoms in total. The fraction of sp³-hybridized carbons (Fsp3) is 0.125. The minimum atomic E-state index is -3.27. The van der Waals surface area contributed by atoms with Crippen LogP contribution in [0.25, 0.3) is 16.8 Å². The molecule has 0 unspecified atom stereocenters. The second-order valence-corrected chi connectivity index (χ2v) is 7.61. The summed E-state index contributed by atoms with van der Waals surface area (Å²) in [6.45, 7) is 0. The molecule has 0 radical (unpaired) electrons. The number of methoxy groups -OCH3 is 1. The third kappa shape index (κ3) is 2.78. The van der Waals surface area contributed by atoms with Crippen LogP contribution in [0.3, 0.4) is 0 Å². The van der Waals surface area contributed by atoms with Crippen LogP contribution < -0.4 is 10.1 Å². The lowest BCUT2D eigenvalue weighted by Crippen LogP contribution is -1.99. The summed E-state index contributed by atoms with van der Waals surface area (Å²) in [5, 5.41) is 6.17. The Morgan fingerprint density at radius 3 is 2.76 bits per heavy atom. The average Bonchev–Trinajstić information content (AvgIpc) is 3.10. The van der Waals surface area contributed by atoms with Crippen molar-refractivity contribution in [1.29, 1.82) is 0 Å². The van der Waals surface area contributed by atoms with E-state index >= 15 is 0 Å². The van der Waals surface area contributed by atoms with Crippen molar-refractivity contribution in [2.24, 2.45) is 0 Å². The largest absolute Gasteiger partial charge is 0.497 e. The Morgan fingerprint density at radius 1 is 1.16 bits per heavy atom. The molecule has 0 saturated heterocycles. The van der Waals surface area contributed by atoms with Crippen molar-refractivity contribution in [3.63, 3.8) is 0 Å². The second-order valence-electron chi connectivity index (χ2n) is 5.60. The summed E-state index contributed by atoms with van der Waals surface area (Å²) in [6, 6.07) is 12.1. The van der Waals surface area contributed by atoms with E-state index in [2.05, 4.69) is 20.4 Å². The number of fused-ring (bicyclic) bond motifs is 3. The number of aromatic nitrogens is 4. The lowest BCUT2D eigenvalue weighted by atomic mass is 10.3. The van der Waals surface area contributed by atoms with Crippen LogP contribution in [0.1, 0.15) is 0 Å². The molecule has 0 fully saturated rings. The Labute approximate surface area is 143 Å². The van der Waals surface area contributed by atoms with Crippen LogP contribution in [0, 0.1) is 0 Å². The van der Waals surface area contributed by atoms with Crippen molar-refractivity contribution in [1.82, 2.24) is 19.6 Å². The number of hydrogen-bond acceptors (Lipinski definition) is 6. The van der Waals surface area contributed by atoms with E-state index in [0.29, 0.717) is 17.4 Å². The maximum absolute atomic E-state index is 11.7. The highest BCUT2D eigenvalue weighted by atomic mass is 32.2. The first-order chi connectivity index (χ1) is 11.9. The molecule has 0 spiro atoms. The fourth-order valence-corrected chi connectivity index (χ4v) is 3.25. The Hall–Kier alpha value is -3.07. The summed E-state index contributed by atoms with van der Waals surface area (Å²) < 4.78 is 30.3. The highest BCUT2D eigenvalue weighted by Crippen LogP contribution is 2.23. The standard InChI is InChI=1S/C16H15N5O3S/c1-24-11-6-7-14-13(9-11)18-16-19-15(20-21(14)16)17-10-4-3-5-12(8-10)25(2,22)23/h3-9H,1-2H3,(H2,17,18,19,20). The van der Waals surface area contributed by atoms with E-state index in [-0.39, 0.29) is 4.90 Å². The van der Waals surface area contributed by atoms with E-state index in [0.717, 1.165) is 16.8 Å². The average molecular weight is 357 g/mol. The molecular formula is C16H15N5O3S. The topological polar surface area (TPSA) is 101 Å². The predicted molar refractivity (Wildman–Crippen MR) is 94.2 cm³/mol. The smallest absolute Gasteiger partial charge is 0.253 e. The van der Waals surface area contributed by atoms with Gasteiger partial charge in [0.25, 0.3) is 5.78 Å². The number of nitrogens with zero attached hydrogens (tertiary/aromatic N) is 3. The molecule has 4 aromatic rings. The van der Waals surface area contributed by atoms with Gasteiger partial charge in [-0.15, -0.1) is 0 Å². The Morgan fingerprint density at radius 2 is 2.00 bits per heavy atom. The van der Waals surface area contributed by atoms with E-state index < -0.39 is 9.84 Å². The molecule has 0 saturated carbocycles. The van der Waals surface area contributed by atoms with Crippen LogP contribution in [0.5, 0.6) is 5.75 Å². The number of anilines is 2. The van der Waals surface area contributed by atoms with Gasteiger partial charge < -0.3 is 10.1 Å². The van der Waals surface area contributed by atoms with Crippen LogP contribution in [0.4, 0.5) is 11.6 Å². The van der Waals surface area contributed by atoms with Gasteiger partial charge in [-0.3, -0.25) is 5.10 Å². The highest BCUT2D eigenvalue weighted by Gasteiger charge is 2.12. The summed E-state index contributed by atoms with van der Waals surface area (Å²) in [7, 11) is -1.66. The van der Waals surface area contributed by atoms with Crippen LogP contribution in [-0.2, 0) is 9.84 Å². The van der Waals surface area contributed by atoms with Gasteiger partial charge in [0.15, 0.2) is 9.84 Å². The number of H-pyrrole nitrogens is 1. The number of rotatable bonds is 4. The van der Waals surface area contributed by atoms with Crippen molar-refractivity contribution >= 4 is 38.3 Å². The number of benzene rings is 2. The van der Waals surface area contributed by atoms with Gasteiger partial charge in [0.2, 0.25) is 5.95 Å². The molecule has 4 rings (SSSR count). The minimum absolute atomic E-state index is 0.242. The first kappa shape index (κ1) is 15.5. The van der Waals surface area contributed by atoms with Crippen molar-refractivity contribution in [3.8, 4) is 5.75 Å². The molecule has 128 valence electrons. The number of imidazole rings is 1. The molecule has 9 heteroatoms. The van der Waals surface area contributed by atoms with Crippen molar-refractivity contribution in [2.45, 2.75) is 4.90 Å². The van der Waals surface area contributed by atoms with E-state index in [1.807, 2.05) is 18.2 Å². The molecule has 0 aliphatic heterocycles. The van der Waals surface area contributed by atoms with Gasteiger partial charge >= 0.3 is 0 Å². The molecule has 2 aromatic heterocycles. The number of hydrogen-bond donors (Lipinski definition) is 2. The SMILES string of the molecule is COc1ccc2c(c1)nc1nc(Nc3cccc(S(C)(=O)=O)c3)[nH]n12. The summed E-state index contributed by atoms with van der Waals surface area (Å²) in [5.41, 5.74) is 2.25. The van der Waals surface area contributed by atoms with E-state index in [1.54, 1.807) is 35.9 Å². The van der Waals surface area contributed by atoms with Gasteiger partial charge in [0, 0.05) is 18.0 Å². The molecular weight excluding hydrogens is 342 g/mol. The third-order valence-electron chi connectivity index (χ3n) is 3.80. The zero-order valence-electron chi connectivity index (χ0n) is 13.5. The van der Waals surface area contributed by atoms with Crippen molar-refractivity contribution < 1.29 is 13.2 Å². The van der Waals surface area contributed by atoms with Crippen LogP contribution >= 0.6 is 0 Å². The summed E-state index contributed by atoms with van der Waals surface area (Å²) in [6.07, 6.45) is 1.17. The number of aromatic amines is 1. The normalized spacial score (nSPS) is 11.9. The molecule has 0 amide bonds. The van der Waals surface area contributed by atoms with Gasteiger partial charge in [0.05, 0.1) is 23.0 Å². The maximum Gasteiger partial charge on any atom is 0.253 e. The Balaban J connectivity index is 1.71. The zero-order chi connectivity index (χ0) is 17.6. The van der Waals surface area contributed by atoms with Gasteiger partial charge in [-0.1, -0.05) is 6.07 Å².